The fraction of sp³-hybridized carbons (Fsp3) is 0.333. The fourth-order valence-corrected chi connectivity index (χ4v) is 3.76. The molecule has 2 aromatic heterocycles. The van der Waals surface area contributed by atoms with E-state index in [2.05, 4.69) is 34.0 Å². The SMILES string of the molecule is CCN(CC)CCCNC(=O)c1ccnc(Cc2cccc(C(=O)N(C)c3ccncc3)c2)c1. The van der Waals surface area contributed by atoms with E-state index in [-0.39, 0.29) is 11.8 Å². The number of carbonyl (C=O) groups is 2. The zero-order chi connectivity index (χ0) is 24.3. The van der Waals surface area contributed by atoms with Crippen LogP contribution in [0.4, 0.5) is 5.69 Å². The summed E-state index contributed by atoms with van der Waals surface area (Å²) < 4.78 is 0. The Kier molecular flexibility index (Phi) is 9.29. The van der Waals surface area contributed by atoms with Gasteiger partial charge in [0.25, 0.3) is 11.8 Å². The molecule has 3 aromatic rings. The van der Waals surface area contributed by atoms with Crippen LogP contribution in [0.3, 0.4) is 0 Å². The molecule has 1 aromatic carbocycles. The van der Waals surface area contributed by atoms with Crippen LogP contribution in [0.1, 0.15) is 52.2 Å². The molecule has 0 aliphatic heterocycles. The molecular formula is C27H33N5O2. The second kappa shape index (κ2) is 12.6. The third-order valence-electron chi connectivity index (χ3n) is 5.82. The van der Waals surface area contributed by atoms with Crippen molar-refractivity contribution in [1.29, 1.82) is 0 Å². The average Bonchev–Trinajstić information content (AvgIpc) is 2.88. The van der Waals surface area contributed by atoms with Gasteiger partial charge in [-0.2, -0.15) is 0 Å². The van der Waals surface area contributed by atoms with E-state index in [1.54, 1.807) is 54.8 Å². The van der Waals surface area contributed by atoms with E-state index in [1.807, 2.05) is 24.3 Å². The average molecular weight is 460 g/mol. The molecule has 0 saturated heterocycles. The van der Waals surface area contributed by atoms with Crippen LogP contribution in [-0.4, -0.2) is 59.9 Å². The van der Waals surface area contributed by atoms with Gasteiger partial charge in [0.2, 0.25) is 0 Å². The first kappa shape index (κ1) is 25.1. The van der Waals surface area contributed by atoms with E-state index in [9.17, 15) is 9.59 Å². The lowest BCUT2D eigenvalue weighted by Gasteiger charge is -2.17. The van der Waals surface area contributed by atoms with Gasteiger partial charge < -0.3 is 15.1 Å². The van der Waals surface area contributed by atoms with Gasteiger partial charge in [-0.05, 0) is 68.0 Å². The molecule has 0 atom stereocenters. The standard InChI is InChI=1S/C27H33N5O2/c1-4-32(5-2)17-7-13-30-26(33)22-10-16-29-24(20-22)19-21-8-6-9-23(18-21)27(34)31(3)25-11-14-28-15-12-25/h6,8-12,14-16,18,20H,4-5,7,13,17,19H2,1-3H3,(H,30,33). The number of nitrogens with zero attached hydrogens (tertiary/aromatic N) is 4. The van der Waals surface area contributed by atoms with Gasteiger partial charge >= 0.3 is 0 Å². The Hall–Kier alpha value is -3.58. The van der Waals surface area contributed by atoms with Crippen molar-refractivity contribution < 1.29 is 9.59 Å². The highest BCUT2D eigenvalue weighted by molar-refractivity contribution is 6.05. The topological polar surface area (TPSA) is 78.4 Å². The molecular weight excluding hydrogens is 426 g/mol. The molecule has 1 N–H and O–H groups in total. The number of nitrogens with one attached hydrogen (secondary N) is 1. The molecule has 2 heterocycles. The van der Waals surface area contributed by atoms with Crippen molar-refractivity contribution in [2.24, 2.45) is 0 Å². The molecule has 0 radical (unpaired) electrons. The largest absolute Gasteiger partial charge is 0.352 e. The molecule has 0 saturated carbocycles. The van der Waals surface area contributed by atoms with Crippen molar-refractivity contribution >= 4 is 17.5 Å². The van der Waals surface area contributed by atoms with Gasteiger partial charge in [-0.3, -0.25) is 19.6 Å². The van der Waals surface area contributed by atoms with Crippen molar-refractivity contribution in [2.75, 3.05) is 38.1 Å². The molecule has 178 valence electrons. The Balaban J connectivity index is 1.61. The first-order chi connectivity index (χ1) is 16.5. The van der Waals surface area contributed by atoms with Crippen LogP contribution < -0.4 is 10.2 Å². The Morgan fingerprint density at radius 2 is 1.71 bits per heavy atom. The summed E-state index contributed by atoms with van der Waals surface area (Å²) in [5.41, 5.74) is 3.71. The molecule has 0 aliphatic carbocycles. The Labute approximate surface area is 201 Å². The molecule has 0 unspecified atom stereocenters. The molecule has 34 heavy (non-hydrogen) atoms. The fourth-order valence-electron chi connectivity index (χ4n) is 3.76. The van der Waals surface area contributed by atoms with Crippen LogP contribution in [0.2, 0.25) is 0 Å². The second-order valence-electron chi connectivity index (χ2n) is 8.12. The van der Waals surface area contributed by atoms with E-state index in [0.717, 1.165) is 43.0 Å². The zero-order valence-electron chi connectivity index (χ0n) is 20.2. The van der Waals surface area contributed by atoms with Gasteiger partial charge in [-0.25, -0.2) is 0 Å². The van der Waals surface area contributed by atoms with Crippen molar-refractivity contribution in [3.05, 3.63) is 89.5 Å². The zero-order valence-corrected chi connectivity index (χ0v) is 20.2. The number of aromatic nitrogens is 2. The van der Waals surface area contributed by atoms with Gasteiger partial charge in [0.1, 0.15) is 0 Å². The number of anilines is 1. The third-order valence-corrected chi connectivity index (χ3v) is 5.82. The number of rotatable bonds is 11. The summed E-state index contributed by atoms with van der Waals surface area (Å²) in [6.07, 6.45) is 6.43. The number of benzene rings is 1. The molecule has 3 rings (SSSR count). The number of carbonyl (C=O) groups excluding carboxylic acids is 2. The van der Waals surface area contributed by atoms with E-state index >= 15 is 0 Å². The van der Waals surface area contributed by atoms with Gasteiger partial charge in [0.15, 0.2) is 0 Å². The van der Waals surface area contributed by atoms with Crippen molar-refractivity contribution in [1.82, 2.24) is 20.2 Å². The van der Waals surface area contributed by atoms with Gasteiger partial charge in [-0.1, -0.05) is 26.0 Å². The molecule has 0 aliphatic rings. The quantitative estimate of drug-likeness (QED) is 0.441. The lowest BCUT2D eigenvalue weighted by Crippen LogP contribution is -2.30. The highest BCUT2D eigenvalue weighted by Gasteiger charge is 2.14. The maximum absolute atomic E-state index is 12.9. The minimum Gasteiger partial charge on any atom is -0.352 e. The predicted molar refractivity (Wildman–Crippen MR) is 135 cm³/mol. The predicted octanol–water partition coefficient (Wildman–Crippen LogP) is 3.81. The van der Waals surface area contributed by atoms with Crippen LogP contribution in [0.25, 0.3) is 0 Å². The molecule has 0 spiro atoms. The molecule has 7 nitrogen and oxygen atoms in total. The first-order valence-electron chi connectivity index (χ1n) is 11.7. The lowest BCUT2D eigenvalue weighted by atomic mass is 10.0. The number of hydrogen-bond acceptors (Lipinski definition) is 5. The molecule has 0 bridgehead atoms. The Bertz CT molecular complexity index is 1080. The summed E-state index contributed by atoms with van der Waals surface area (Å²) in [6, 6.07) is 14.7. The van der Waals surface area contributed by atoms with E-state index in [4.69, 9.17) is 0 Å². The van der Waals surface area contributed by atoms with Gasteiger partial charge in [-0.15, -0.1) is 0 Å². The van der Waals surface area contributed by atoms with E-state index in [1.165, 1.54) is 0 Å². The lowest BCUT2D eigenvalue weighted by molar-refractivity contribution is 0.0950. The molecule has 7 heteroatoms. The highest BCUT2D eigenvalue weighted by atomic mass is 16.2. The summed E-state index contributed by atoms with van der Waals surface area (Å²) >= 11 is 0. The Morgan fingerprint density at radius 1 is 0.941 bits per heavy atom. The summed E-state index contributed by atoms with van der Waals surface area (Å²) in [6.45, 7) is 7.94. The van der Waals surface area contributed by atoms with Crippen LogP contribution in [0.15, 0.2) is 67.1 Å². The minimum absolute atomic E-state index is 0.0916. The van der Waals surface area contributed by atoms with Crippen molar-refractivity contribution in [3.8, 4) is 0 Å². The van der Waals surface area contributed by atoms with Crippen LogP contribution in [0, 0.1) is 0 Å². The van der Waals surface area contributed by atoms with Crippen molar-refractivity contribution in [3.63, 3.8) is 0 Å². The monoisotopic (exact) mass is 459 g/mol. The molecule has 0 fully saturated rings. The van der Waals surface area contributed by atoms with Gasteiger partial charge in [0, 0.05) is 61.1 Å². The normalized spacial score (nSPS) is 10.8. The second-order valence-corrected chi connectivity index (χ2v) is 8.12. The number of pyridine rings is 2. The number of hydrogen-bond donors (Lipinski definition) is 1. The summed E-state index contributed by atoms with van der Waals surface area (Å²) in [5, 5.41) is 3.00. The highest BCUT2D eigenvalue weighted by Crippen LogP contribution is 2.17. The maximum atomic E-state index is 12.9. The number of amides is 2. The first-order valence-corrected chi connectivity index (χ1v) is 11.7. The van der Waals surface area contributed by atoms with E-state index in [0.29, 0.717) is 24.1 Å². The molecule has 2 amide bonds. The van der Waals surface area contributed by atoms with Crippen LogP contribution in [-0.2, 0) is 6.42 Å². The Morgan fingerprint density at radius 3 is 2.44 bits per heavy atom. The van der Waals surface area contributed by atoms with E-state index < -0.39 is 0 Å². The van der Waals surface area contributed by atoms with Crippen LogP contribution >= 0.6 is 0 Å². The summed E-state index contributed by atoms with van der Waals surface area (Å²) in [4.78, 5) is 37.9. The van der Waals surface area contributed by atoms with Crippen molar-refractivity contribution in [2.45, 2.75) is 26.7 Å². The summed E-state index contributed by atoms with van der Waals surface area (Å²) in [7, 11) is 1.75. The maximum Gasteiger partial charge on any atom is 0.258 e. The smallest absolute Gasteiger partial charge is 0.258 e. The van der Waals surface area contributed by atoms with Crippen LogP contribution in [0.5, 0.6) is 0 Å². The minimum atomic E-state index is -0.0983. The third kappa shape index (κ3) is 6.96. The summed E-state index contributed by atoms with van der Waals surface area (Å²) in [5.74, 6) is -0.190. The van der Waals surface area contributed by atoms with Gasteiger partial charge in [0.05, 0.1) is 0 Å².